The fourth-order valence-electron chi connectivity index (χ4n) is 9.63. The summed E-state index contributed by atoms with van der Waals surface area (Å²) in [5, 5.41) is 48.4. The van der Waals surface area contributed by atoms with Gasteiger partial charge in [-0.15, -0.1) is 0 Å². The average molecular weight is 1670 g/mol. The number of nitrogens with one attached hydrogen (secondary N) is 8. The zero-order valence-electron chi connectivity index (χ0n) is 63.7. The van der Waals surface area contributed by atoms with Gasteiger partial charge >= 0.3 is 0 Å². The zero-order chi connectivity index (χ0) is 81.3. The molecule has 1 aliphatic carbocycles. The highest BCUT2D eigenvalue weighted by Crippen LogP contribution is 2.25. The maximum atomic E-state index is 12.8. The fourth-order valence-corrected chi connectivity index (χ4v) is 10.3. The van der Waals surface area contributed by atoms with E-state index in [1.807, 2.05) is 84.9 Å². The topological polar surface area (TPSA) is 334 Å². The van der Waals surface area contributed by atoms with Crippen molar-refractivity contribution in [3.63, 3.8) is 0 Å². The minimum absolute atomic E-state index is 0.00810. The molecule has 6 aromatic carbocycles. The number of halogens is 3. The summed E-state index contributed by atoms with van der Waals surface area (Å²) in [4.78, 5) is 104. The molecular weight excluding hydrogens is 1570 g/mol. The fraction of sp³-hybridized carbons (Fsp3) is 0.282. The molecule has 588 valence electrons. The molecule has 11 N–H and O–H groups in total. The lowest BCUT2D eigenvalue weighted by Gasteiger charge is -2.19. The summed E-state index contributed by atoms with van der Waals surface area (Å²) in [6.45, 7) is 15.8. The van der Waals surface area contributed by atoms with Gasteiger partial charge in [0.1, 0.15) is 34.3 Å². The van der Waals surface area contributed by atoms with Crippen LogP contribution in [0.15, 0.2) is 226 Å². The molecular formula is C85H98Br2ClN9O14. The molecule has 26 heteroatoms. The minimum Gasteiger partial charge on any atom is -0.497 e. The largest absolute Gasteiger partial charge is 0.497 e. The Balaban J connectivity index is 0.000000265. The third-order valence-corrected chi connectivity index (χ3v) is 17.2. The van der Waals surface area contributed by atoms with Gasteiger partial charge in [0.2, 0.25) is 5.91 Å². The molecule has 7 aromatic rings. The van der Waals surface area contributed by atoms with E-state index < -0.39 is 23.6 Å². The van der Waals surface area contributed by atoms with E-state index in [0.29, 0.717) is 59.2 Å². The van der Waals surface area contributed by atoms with Crippen molar-refractivity contribution in [3.8, 4) is 5.75 Å². The Hall–Kier alpha value is -10.6. The number of carbonyl (C=O) groups excluding carboxylic acids is 8. The van der Waals surface area contributed by atoms with Gasteiger partial charge in [-0.1, -0.05) is 171 Å². The van der Waals surface area contributed by atoms with Gasteiger partial charge in [-0.25, -0.2) is 0 Å². The molecule has 8 amide bonds. The number of allylic oxidation sites excluding steroid dienone is 2. The molecule has 0 saturated heterocycles. The number of pyridine rings is 1. The molecule has 0 aliphatic heterocycles. The third-order valence-electron chi connectivity index (χ3n) is 15.9. The Bertz CT molecular complexity index is 4370. The summed E-state index contributed by atoms with van der Waals surface area (Å²) in [6.07, 6.45) is 17.6. The van der Waals surface area contributed by atoms with Gasteiger partial charge in [0.15, 0.2) is 0 Å². The molecule has 111 heavy (non-hydrogen) atoms. The highest BCUT2D eigenvalue weighted by Gasteiger charge is 2.24. The Morgan fingerprint density at radius 3 is 1.24 bits per heavy atom. The van der Waals surface area contributed by atoms with Crippen molar-refractivity contribution in [1.29, 1.82) is 0 Å². The number of benzene rings is 6. The van der Waals surface area contributed by atoms with E-state index in [9.17, 15) is 38.4 Å². The molecule has 1 aliphatic rings. The predicted molar refractivity (Wildman–Crippen MR) is 441 cm³/mol. The van der Waals surface area contributed by atoms with Gasteiger partial charge in [-0.05, 0) is 185 Å². The summed E-state index contributed by atoms with van der Waals surface area (Å²) >= 11 is 12.6. The maximum Gasteiger partial charge on any atom is 0.267 e. The lowest BCUT2D eigenvalue weighted by Crippen LogP contribution is -2.38. The Morgan fingerprint density at radius 2 is 0.892 bits per heavy atom. The first-order chi connectivity index (χ1) is 53.1. The van der Waals surface area contributed by atoms with Crippen LogP contribution < -0.4 is 47.3 Å². The van der Waals surface area contributed by atoms with Crippen LogP contribution >= 0.6 is 43.5 Å². The highest BCUT2D eigenvalue weighted by molar-refractivity contribution is 9.10. The molecule has 0 spiro atoms. The lowest BCUT2D eigenvalue weighted by molar-refractivity contribution is -0.125. The van der Waals surface area contributed by atoms with Crippen LogP contribution in [0.3, 0.4) is 0 Å². The van der Waals surface area contributed by atoms with Gasteiger partial charge in [-0.2, -0.15) is 0 Å². The second-order valence-corrected chi connectivity index (χ2v) is 28.9. The summed E-state index contributed by atoms with van der Waals surface area (Å²) in [7, 11) is 3.10. The van der Waals surface area contributed by atoms with Crippen molar-refractivity contribution in [1.82, 2.24) is 47.5 Å². The first-order valence-electron chi connectivity index (χ1n) is 35.7. The quantitative estimate of drug-likeness (QED) is 0.0147. The Kier molecular flexibility index (Phi) is 39.4. The van der Waals surface area contributed by atoms with Crippen LogP contribution in [0.2, 0.25) is 5.02 Å². The van der Waals surface area contributed by atoms with E-state index in [2.05, 4.69) is 128 Å². The van der Waals surface area contributed by atoms with Crippen LogP contribution in [0.1, 0.15) is 132 Å². The second-order valence-electron chi connectivity index (χ2n) is 26.6. The average Bonchev–Trinajstić information content (AvgIpc) is 0.844. The number of unbranched alkanes of at least 4 members (excludes halogenated alkanes) is 1. The van der Waals surface area contributed by atoms with Gasteiger partial charge < -0.3 is 72.1 Å². The number of hydrogen-bond acceptors (Lipinski definition) is 15. The Morgan fingerprint density at radius 1 is 0.505 bits per heavy atom. The number of aliphatic hydroxyl groups excluding tert-OH is 3. The van der Waals surface area contributed by atoms with Crippen molar-refractivity contribution in [2.45, 2.75) is 78.6 Å². The molecule has 0 radical (unpaired) electrons. The van der Waals surface area contributed by atoms with E-state index in [1.54, 1.807) is 142 Å². The SMILES string of the molecule is CC(C)(C)c1ccc(C(=O)N/C(=C\c2ccc(Br)cc2)C(=O)NCCO)cc1.CC(C)(C)c1ccc(C(=O)N/C(=C\c2cccnc2)C(=O)NCCO)cc1.CCCCOC1=CCC(C(=O)N/C(=C\c2ccc(Cl)cc2)C(=O)NCCOC)C=C1.COc1ccc(C(=O)N/C(=C\c2ccc(Br)cc2)C(=O)NCCO)cc1. The molecule has 23 nitrogen and oxygen atoms in total. The summed E-state index contributed by atoms with van der Waals surface area (Å²) in [6, 6.07) is 46.3. The lowest BCUT2D eigenvalue weighted by atomic mass is 9.86. The van der Waals surface area contributed by atoms with Crippen molar-refractivity contribution in [2.24, 2.45) is 5.92 Å². The number of nitrogens with zero attached hydrogens (tertiary/aromatic N) is 1. The molecule has 1 heterocycles. The van der Waals surface area contributed by atoms with E-state index in [4.69, 9.17) is 41.1 Å². The standard InChI is InChI=1S/C23H29ClN2O4.C22H25BrN2O3.C21H25N3O3.C19H19BrN2O4/c1-3-4-14-30-20-11-7-18(8-12-20)22(27)26-21(23(28)25-13-15-29-2)16-17-5-9-19(24)10-6-17;1-22(2,3)17-8-6-16(7-9-17)20(27)25-19(21(28)24-12-13-26)14-15-4-10-18(23)11-5-15;1-21(2,3)17-8-6-16(7-9-17)19(26)24-18(20(27)23-11-12-25)13-15-5-4-10-22-14-15;1-26-16-8-4-14(5-9-16)18(24)22-17(19(25)21-10-11-23)12-13-2-6-15(20)7-3-13/h5-7,9-12,16,18H,3-4,8,13-15H2,1-2H3,(H,25,28)(H,26,27);4-11,14,26H,12-13H2,1-3H3,(H,24,28)(H,25,27);4-10,13-14,25H,11-12H2,1-3H3,(H,23,27)(H,24,26);2-9,12,23H,10-11H2,1H3,(H,21,25)(H,22,24)/b21-16-;19-14-;18-13-;17-12-. The van der Waals surface area contributed by atoms with Crippen LogP contribution in [-0.4, -0.2) is 141 Å². The van der Waals surface area contributed by atoms with E-state index in [-0.39, 0.29) is 103 Å². The van der Waals surface area contributed by atoms with E-state index in [0.717, 1.165) is 55.4 Å². The maximum absolute atomic E-state index is 12.8. The van der Waals surface area contributed by atoms with Crippen LogP contribution in [-0.2, 0) is 44.3 Å². The summed E-state index contributed by atoms with van der Waals surface area (Å²) in [5.41, 5.74) is 6.92. The first kappa shape index (κ1) is 91.0. The Labute approximate surface area is 670 Å². The van der Waals surface area contributed by atoms with Crippen molar-refractivity contribution in [3.05, 3.63) is 281 Å². The van der Waals surface area contributed by atoms with Crippen molar-refractivity contribution >= 4 is 115 Å². The van der Waals surface area contributed by atoms with Crippen molar-refractivity contribution < 1.29 is 67.9 Å². The van der Waals surface area contributed by atoms with E-state index in [1.165, 1.54) is 0 Å². The van der Waals surface area contributed by atoms with Gasteiger partial charge in [-0.3, -0.25) is 43.3 Å². The third kappa shape index (κ3) is 33.6. The number of amides is 8. The monoisotopic (exact) mass is 1660 g/mol. The number of rotatable bonds is 30. The molecule has 0 bridgehead atoms. The highest BCUT2D eigenvalue weighted by atomic mass is 79.9. The predicted octanol–water partition coefficient (Wildman–Crippen LogP) is 12.1. The van der Waals surface area contributed by atoms with Crippen LogP contribution in [0, 0.1) is 5.92 Å². The van der Waals surface area contributed by atoms with Crippen LogP contribution in [0.25, 0.3) is 24.3 Å². The number of ether oxygens (including phenoxy) is 3. The minimum atomic E-state index is -0.483. The molecule has 1 unspecified atom stereocenters. The van der Waals surface area contributed by atoms with Crippen LogP contribution in [0.5, 0.6) is 5.75 Å². The smallest absolute Gasteiger partial charge is 0.267 e. The van der Waals surface area contributed by atoms with Gasteiger partial charge in [0, 0.05) is 76.3 Å². The molecule has 0 fully saturated rings. The van der Waals surface area contributed by atoms with Crippen molar-refractivity contribution in [2.75, 3.05) is 73.4 Å². The number of hydrogen-bond donors (Lipinski definition) is 11. The van der Waals surface area contributed by atoms with E-state index >= 15 is 0 Å². The first-order valence-corrected chi connectivity index (χ1v) is 37.6. The van der Waals surface area contributed by atoms with Crippen LogP contribution in [0.4, 0.5) is 0 Å². The molecule has 8 rings (SSSR count). The second kappa shape index (κ2) is 48.1. The molecule has 0 saturated carbocycles. The summed E-state index contributed by atoms with van der Waals surface area (Å²) < 4.78 is 17.5. The van der Waals surface area contributed by atoms with Gasteiger partial charge in [0.25, 0.3) is 41.4 Å². The number of aliphatic hydroxyl groups is 3. The number of methoxy groups -OCH3 is 2. The molecule has 1 atom stereocenters. The normalized spacial score (nSPS) is 12.7. The number of aromatic nitrogens is 1. The summed E-state index contributed by atoms with van der Waals surface area (Å²) in [5.74, 6) is -2.19. The number of carbonyl (C=O) groups is 8. The zero-order valence-corrected chi connectivity index (χ0v) is 67.6. The van der Waals surface area contributed by atoms with Gasteiger partial charge in [0.05, 0.1) is 46.1 Å². The molecule has 1 aromatic heterocycles.